The van der Waals surface area contributed by atoms with Crippen LogP contribution in [0.3, 0.4) is 0 Å². The van der Waals surface area contributed by atoms with Gasteiger partial charge in [0, 0.05) is 20.6 Å². The minimum Gasteiger partial charge on any atom is -0.484 e. The molecule has 0 bridgehead atoms. The Labute approximate surface area is 146 Å². The quantitative estimate of drug-likeness (QED) is 0.710. The Hall–Kier alpha value is -2.61. The van der Waals surface area contributed by atoms with Crippen molar-refractivity contribution >= 4 is 17.7 Å². The second kappa shape index (κ2) is 9.03. The Morgan fingerprint density at radius 1 is 1.28 bits per heavy atom. The lowest BCUT2D eigenvalue weighted by atomic mass is 10.1. The van der Waals surface area contributed by atoms with E-state index in [4.69, 9.17) is 9.47 Å². The fraction of sp³-hybridized carbons (Fsp3) is 0.471. The predicted molar refractivity (Wildman–Crippen MR) is 90.1 cm³/mol. The topological polar surface area (TPSA) is 97.0 Å². The number of rotatable bonds is 6. The van der Waals surface area contributed by atoms with Crippen LogP contribution >= 0.6 is 0 Å². The van der Waals surface area contributed by atoms with Gasteiger partial charge in [0.15, 0.2) is 12.7 Å². The minimum atomic E-state index is -0.634. The van der Waals surface area contributed by atoms with Gasteiger partial charge in [0.2, 0.25) is 5.91 Å². The molecule has 2 rings (SSSR count). The zero-order chi connectivity index (χ0) is 18.2. The third-order valence-electron chi connectivity index (χ3n) is 3.86. The molecule has 1 fully saturated rings. The van der Waals surface area contributed by atoms with E-state index in [2.05, 4.69) is 10.6 Å². The van der Waals surface area contributed by atoms with E-state index >= 15 is 0 Å². The lowest BCUT2D eigenvalue weighted by molar-refractivity contribution is -0.146. The molecule has 1 aromatic rings. The number of nitrogens with one attached hydrogen (secondary N) is 2. The first-order valence-corrected chi connectivity index (χ1v) is 8.06. The molecule has 2 N–H and O–H groups in total. The van der Waals surface area contributed by atoms with Gasteiger partial charge in [0.1, 0.15) is 5.75 Å². The molecule has 1 heterocycles. The fourth-order valence-corrected chi connectivity index (χ4v) is 2.45. The van der Waals surface area contributed by atoms with Crippen LogP contribution in [0.1, 0.15) is 5.56 Å². The van der Waals surface area contributed by atoms with Crippen molar-refractivity contribution < 1.29 is 23.9 Å². The van der Waals surface area contributed by atoms with Crippen molar-refractivity contribution in [2.24, 2.45) is 0 Å². The summed E-state index contributed by atoms with van der Waals surface area (Å²) in [5.74, 6) is -0.0168. The number of benzene rings is 1. The molecule has 0 radical (unpaired) electrons. The first kappa shape index (κ1) is 18.7. The summed E-state index contributed by atoms with van der Waals surface area (Å²) >= 11 is 0. The number of likely N-dealkylation sites (N-methyl/N-ethyl adjacent to an activating group) is 2. The van der Waals surface area contributed by atoms with Gasteiger partial charge in [-0.2, -0.15) is 0 Å². The van der Waals surface area contributed by atoms with Crippen molar-refractivity contribution in [2.45, 2.75) is 12.5 Å². The van der Waals surface area contributed by atoms with E-state index < -0.39 is 6.10 Å². The van der Waals surface area contributed by atoms with Crippen LogP contribution in [0.4, 0.5) is 0 Å². The van der Waals surface area contributed by atoms with E-state index in [0.29, 0.717) is 18.9 Å². The van der Waals surface area contributed by atoms with E-state index in [-0.39, 0.29) is 37.3 Å². The first-order chi connectivity index (χ1) is 12.0. The van der Waals surface area contributed by atoms with Crippen LogP contribution in [0.5, 0.6) is 5.75 Å². The highest BCUT2D eigenvalue weighted by Gasteiger charge is 2.28. The second-order valence-electron chi connectivity index (χ2n) is 5.60. The van der Waals surface area contributed by atoms with Crippen molar-refractivity contribution in [1.29, 1.82) is 0 Å². The third kappa shape index (κ3) is 5.46. The van der Waals surface area contributed by atoms with Gasteiger partial charge in [-0.1, -0.05) is 12.1 Å². The summed E-state index contributed by atoms with van der Waals surface area (Å²) in [4.78, 5) is 37.0. The largest absolute Gasteiger partial charge is 0.484 e. The number of hydrogen-bond donors (Lipinski definition) is 2. The summed E-state index contributed by atoms with van der Waals surface area (Å²) < 4.78 is 10.8. The van der Waals surface area contributed by atoms with Gasteiger partial charge < -0.3 is 25.0 Å². The molecule has 0 spiro atoms. The van der Waals surface area contributed by atoms with Crippen molar-refractivity contribution in [3.63, 3.8) is 0 Å². The number of ether oxygens (including phenoxy) is 2. The van der Waals surface area contributed by atoms with Crippen molar-refractivity contribution in [3.05, 3.63) is 29.8 Å². The summed E-state index contributed by atoms with van der Waals surface area (Å²) in [6.45, 7) is 0.953. The van der Waals surface area contributed by atoms with Crippen LogP contribution in [-0.4, -0.2) is 69.1 Å². The van der Waals surface area contributed by atoms with Crippen LogP contribution in [-0.2, 0) is 25.5 Å². The second-order valence-corrected chi connectivity index (χ2v) is 5.60. The van der Waals surface area contributed by atoms with E-state index in [9.17, 15) is 14.4 Å². The summed E-state index contributed by atoms with van der Waals surface area (Å²) in [5, 5.41) is 5.00. The van der Waals surface area contributed by atoms with Gasteiger partial charge in [-0.25, -0.2) is 0 Å². The highest BCUT2D eigenvalue weighted by atomic mass is 16.5. The lowest BCUT2D eigenvalue weighted by Gasteiger charge is -2.32. The molecule has 1 aliphatic heterocycles. The number of carbonyl (C=O) groups is 3. The molecular formula is C17H23N3O5. The molecule has 1 aromatic carbocycles. The summed E-state index contributed by atoms with van der Waals surface area (Å²) in [7, 11) is 3.08. The van der Waals surface area contributed by atoms with Crippen LogP contribution < -0.4 is 15.4 Å². The third-order valence-corrected chi connectivity index (χ3v) is 3.86. The SMILES string of the molecule is CNC(=O)COc1cccc(CC(=O)N2CCOC(C(=O)NC)C2)c1. The van der Waals surface area contributed by atoms with Crippen molar-refractivity contribution in [1.82, 2.24) is 15.5 Å². The molecule has 1 atom stereocenters. The monoisotopic (exact) mass is 349 g/mol. The average Bonchev–Trinajstić information content (AvgIpc) is 2.65. The molecule has 1 unspecified atom stereocenters. The summed E-state index contributed by atoms with van der Waals surface area (Å²) in [5.41, 5.74) is 0.780. The standard InChI is InChI=1S/C17H23N3O5/c1-18-15(21)11-25-13-5-3-4-12(8-13)9-16(22)20-6-7-24-14(10-20)17(23)19-2/h3-5,8,14H,6-7,9-11H2,1-2H3,(H,18,21)(H,19,23). The molecule has 1 saturated heterocycles. The Morgan fingerprint density at radius 2 is 2.08 bits per heavy atom. The van der Waals surface area contributed by atoms with Crippen LogP contribution in [0.15, 0.2) is 24.3 Å². The fourth-order valence-electron chi connectivity index (χ4n) is 2.45. The smallest absolute Gasteiger partial charge is 0.257 e. The van der Waals surface area contributed by atoms with E-state index in [0.717, 1.165) is 5.56 Å². The molecule has 8 nitrogen and oxygen atoms in total. The summed E-state index contributed by atoms with van der Waals surface area (Å²) in [6, 6.07) is 7.06. The average molecular weight is 349 g/mol. The van der Waals surface area contributed by atoms with Crippen LogP contribution in [0, 0.1) is 0 Å². The Bertz CT molecular complexity index is 634. The summed E-state index contributed by atoms with van der Waals surface area (Å²) in [6.07, 6.45) is -0.442. The first-order valence-electron chi connectivity index (χ1n) is 8.06. The molecule has 0 aliphatic carbocycles. The molecule has 1 aliphatic rings. The lowest BCUT2D eigenvalue weighted by Crippen LogP contribution is -2.51. The molecule has 0 aromatic heterocycles. The van der Waals surface area contributed by atoms with Gasteiger partial charge in [0.25, 0.3) is 11.8 Å². The van der Waals surface area contributed by atoms with Crippen molar-refractivity contribution in [3.8, 4) is 5.75 Å². The Balaban J connectivity index is 1.93. The predicted octanol–water partition coefficient (Wildman–Crippen LogP) is -0.673. The highest BCUT2D eigenvalue weighted by molar-refractivity contribution is 5.83. The maximum atomic E-state index is 12.5. The van der Waals surface area contributed by atoms with Gasteiger partial charge in [-0.05, 0) is 17.7 Å². The normalized spacial score (nSPS) is 16.9. The Kier molecular flexibility index (Phi) is 6.76. The van der Waals surface area contributed by atoms with Crippen LogP contribution in [0.25, 0.3) is 0 Å². The van der Waals surface area contributed by atoms with Crippen molar-refractivity contribution in [2.75, 3.05) is 40.4 Å². The molecular weight excluding hydrogens is 326 g/mol. The number of amides is 3. The molecule has 25 heavy (non-hydrogen) atoms. The van der Waals surface area contributed by atoms with Gasteiger partial charge >= 0.3 is 0 Å². The molecule has 8 heteroatoms. The maximum Gasteiger partial charge on any atom is 0.257 e. The van der Waals surface area contributed by atoms with Crippen LogP contribution in [0.2, 0.25) is 0 Å². The van der Waals surface area contributed by atoms with Gasteiger partial charge in [-0.3, -0.25) is 14.4 Å². The Morgan fingerprint density at radius 3 is 2.80 bits per heavy atom. The number of morpholine rings is 1. The minimum absolute atomic E-state index is 0.0782. The number of carbonyl (C=O) groups excluding carboxylic acids is 3. The van der Waals surface area contributed by atoms with E-state index in [1.54, 1.807) is 23.1 Å². The zero-order valence-corrected chi connectivity index (χ0v) is 14.4. The number of hydrogen-bond acceptors (Lipinski definition) is 5. The van der Waals surface area contributed by atoms with Gasteiger partial charge in [0.05, 0.1) is 19.6 Å². The molecule has 3 amide bonds. The molecule has 136 valence electrons. The zero-order valence-electron chi connectivity index (χ0n) is 14.4. The maximum absolute atomic E-state index is 12.5. The van der Waals surface area contributed by atoms with Gasteiger partial charge in [-0.15, -0.1) is 0 Å². The number of nitrogens with zero attached hydrogens (tertiary/aromatic N) is 1. The molecule has 0 saturated carbocycles. The van der Waals surface area contributed by atoms with E-state index in [1.807, 2.05) is 6.07 Å². The van der Waals surface area contributed by atoms with E-state index in [1.165, 1.54) is 14.1 Å². The highest BCUT2D eigenvalue weighted by Crippen LogP contribution is 2.15.